The molecule has 9 heteroatoms. The van der Waals surface area contributed by atoms with Crippen LogP contribution in [0.3, 0.4) is 0 Å². The Bertz CT molecular complexity index is 746. The van der Waals surface area contributed by atoms with Crippen LogP contribution in [0.1, 0.15) is 33.1 Å². The van der Waals surface area contributed by atoms with E-state index in [2.05, 4.69) is 0 Å². The molecule has 0 aliphatic carbocycles. The fraction of sp³-hybridized carbons (Fsp3) is 0.231. The molecule has 2 heterocycles. The summed E-state index contributed by atoms with van der Waals surface area (Å²) in [6.07, 6.45) is 2.84. The van der Waals surface area contributed by atoms with Crippen LogP contribution in [0.4, 0.5) is 5.88 Å². The SMILES string of the molecule is CCOC(=O)c1sc(C=Cc2ccc([N+](=O)[O-])o2)[n+]([O-])c1C. The molecule has 22 heavy (non-hydrogen) atoms. The molecular weight excluding hydrogens is 312 g/mol. The fourth-order valence-electron chi connectivity index (χ4n) is 1.65. The number of carbonyl (C=O) groups excluding carboxylic acids is 1. The van der Waals surface area contributed by atoms with E-state index in [0.717, 1.165) is 11.3 Å². The van der Waals surface area contributed by atoms with Crippen LogP contribution in [0.5, 0.6) is 0 Å². The average Bonchev–Trinajstić information content (AvgIpc) is 3.05. The molecule has 2 aromatic rings. The Kier molecular flexibility index (Phi) is 4.56. The van der Waals surface area contributed by atoms with Crippen molar-refractivity contribution in [3.8, 4) is 0 Å². The van der Waals surface area contributed by atoms with Gasteiger partial charge in [-0.1, -0.05) is 11.3 Å². The standard InChI is InChI=1S/C13H12N2O6S/c1-3-20-13(16)12-8(2)14(17)11(22-12)7-5-9-4-6-10(21-9)15(18)19/h4-7H,3H2,1-2H3. The first-order valence-corrected chi connectivity index (χ1v) is 7.08. The van der Waals surface area contributed by atoms with Crippen molar-refractivity contribution in [2.45, 2.75) is 13.8 Å². The van der Waals surface area contributed by atoms with E-state index in [0.29, 0.717) is 4.73 Å². The fourth-order valence-corrected chi connectivity index (χ4v) is 2.59. The van der Waals surface area contributed by atoms with Gasteiger partial charge in [0.05, 0.1) is 12.7 Å². The van der Waals surface area contributed by atoms with Gasteiger partial charge in [-0.15, -0.1) is 0 Å². The summed E-state index contributed by atoms with van der Waals surface area (Å²) in [5.74, 6) is -0.706. The smallest absolute Gasteiger partial charge is 0.433 e. The minimum Gasteiger partial charge on any atom is -0.617 e. The summed E-state index contributed by atoms with van der Waals surface area (Å²) in [6.45, 7) is 3.41. The number of ether oxygens (including phenoxy) is 1. The molecule has 0 saturated heterocycles. The van der Waals surface area contributed by atoms with Crippen molar-refractivity contribution in [1.29, 1.82) is 0 Å². The third-order valence-corrected chi connectivity index (χ3v) is 3.86. The van der Waals surface area contributed by atoms with E-state index < -0.39 is 10.9 Å². The molecule has 0 saturated carbocycles. The van der Waals surface area contributed by atoms with Gasteiger partial charge in [-0.3, -0.25) is 10.1 Å². The first-order valence-electron chi connectivity index (χ1n) is 6.26. The van der Waals surface area contributed by atoms with Gasteiger partial charge in [-0.25, -0.2) is 4.79 Å². The van der Waals surface area contributed by atoms with Gasteiger partial charge in [0.15, 0.2) is 4.88 Å². The second kappa shape index (κ2) is 6.39. The van der Waals surface area contributed by atoms with Crippen LogP contribution in [0.25, 0.3) is 12.2 Å². The summed E-state index contributed by atoms with van der Waals surface area (Å²) >= 11 is 0.980. The molecule has 116 valence electrons. The second-order valence-corrected chi connectivity index (χ2v) is 5.17. The quantitative estimate of drug-likeness (QED) is 0.275. The summed E-state index contributed by atoms with van der Waals surface area (Å²) in [4.78, 5) is 21.8. The first kappa shape index (κ1) is 15.7. The molecule has 0 spiro atoms. The highest BCUT2D eigenvalue weighted by atomic mass is 32.1. The summed E-state index contributed by atoms with van der Waals surface area (Å²) in [5.41, 5.74) is 0.244. The molecule has 8 nitrogen and oxygen atoms in total. The summed E-state index contributed by atoms with van der Waals surface area (Å²) in [5, 5.41) is 22.7. The van der Waals surface area contributed by atoms with E-state index in [1.807, 2.05) is 0 Å². The van der Waals surface area contributed by atoms with E-state index in [9.17, 15) is 20.1 Å². The van der Waals surface area contributed by atoms with Gasteiger partial charge < -0.3 is 14.4 Å². The van der Waals surface area contributed by atoms with E-state index in [-0.39, 0.29) is 33.8 Å². The molecule has 0 unspecified atom stereocenters. The molecule has 0 amide bonds. The highest BCUT2D eigenvalue weighted by Gasteiger charge is 2.24. The van der Waals surface area contributed by atoms with Crippen molar-refractivity contribution in [3.63, 3.8) is 0 Å². The minimum absolute atomic E-state index is 0.219. The minimum atomic E-state index is -0.654. The Morgan fingerprint density at radius 2 is 2.23 bits per heavy atom. The maximum absolute atomic E-state index is 12.0. The predicted molar refractivity (Wildman–Crippen MR) is 78.3 cm³/mol. The largest absolute Gasteiger partial charge is 0.617 e. The number of rotatable bonds is 5. The lowest BCUT2D eigenvalue weighted by atomic mass is 10.4. The molecule has 0 aliphatic rings. The van der Waals surface area contributed by atoms with Crippen LogP contribution in [0.15, 0.2) is 16.5 Å². The monoisotopic (exact) mass is 324 g/mol. The zero-order chi connectivity index (χ0) is 16.3. The van der Waals surface area contributed by atoms with Gasteiger partial charge >= 0.3 is 11.9 Å². The molecule has 0 radical (unpaired) electrons. The van der Waals surface area contributed by atoms with E-state index in [1.54, 1.807) is 6.92 Å². The number of nitro groups is 1. The number of hydrogen-bond donors (Lipinski definition) is 0. The Morgan fingerprint density at radius 1 is 1.50 bits per heavy atom. The molecule has 0 N–H and O–H groups in total. The third kappa shape index (κ3) is 3.14. The molecule has 2 rings (SSSR count). The Balaban J connectivity index is 2.25. The van der Waals surface area contributed by atoms with Gasteiger partial charge in [-0.05, 0) is 19.1 Å². The van der Waals surface area contributed by atoms with Crippen molar-refractivity contribution in [2.75, 3.05) is 6.61 Å². The van der Waals surface area contributed by atoms with Crippen LogP contribution < -0.4 is 4.73 Å². The van der Waals surface area contributed by atoms with Crippen molar-refractivity contribution < 1.29 is 23.6 Å². The van der Waals surface area contributed by atoms with E-state index >= 15 is 0 Å². The van der Waals surface area contributed by atoms with Gasteiger partial charge in [0.25, 0.3) is 5.01 Å². The van der Waals surface area contributed by atoms with Crippen molar-refractivity contribution in [2.24, 2.45) is 0 Å². The molecule has 0 aromatic carbocycles. The molecule has 0 atom stereocenters. The lowest BCUT2D eigenvalue weighted by molar-refractivity contribution is -0.608. The lowest BCUT2D eigenvalue weighted by Crippen LogP contribution is -2.30. The van der Waals surface area contributed by atoms with Crippen molar-refractivity contribution in [1.82, 2.24) is 0 Å². The van der Waals surface area contributed by atoms with E-state index in [4.69, 9.17) is 9.15 Å². The number of aromatic nitrogens is 1. The molecule has 0 bridgehead atoms. The molecule has 2 aromatic heterocycles. The third-order valence-electron chi connectivity index (χ3n) is 2.68. The number of carbonyl (C=O) groups is 1. The number of esters is 1. The summed E-state index contributed by atoms with van der Waals surface area (Å²) in [7, 11) is 0. The Morgan fingerprint density at radius 3 is 2.82 bits per heavy atom. The molecule has 0 fully saturated rings. The first-order chi connectivity index (χ1) is 10.4. The van der Waals surface area contributed by atoms with Crippen LogP contribution >= 0.6 is 11.3 Å². The van der Waals surface area contributed by atoms with Crippen LogP contribution in [0.2, 0.25) is 0 Å². The topological polar surface area (TPSA) is 110 Å². The van der Waals surface area contributed by atoms with Crippen LogP contribution in [0, 0.1) is 22.2 Å². The number of nitrogens with zero attached hydrogens (tertiary/aromatic N) is 2. The van der Waals surface area contributed by atoms with Gasteiger partial charge in [0.1, 0.15) is 10.7 Å². The summed E-state index contributed by atoms with van der Waals surface area (Å²) < 4.78 is 10.4. The second-order valence-electron chi connectivity index (χ2n) is 4.14. The zero-order valence-corrected chi connectivity index (χ0v) is 12.6. The van der Waals surface area contributed by atoms with Gasteiger partial charge in [0.2, 0.25) is 5.69 Å². The Hall–Kier alpha value is -2.68. The average molecular weight is 324 g/mol. The maximum atomic E-state index is 12.0. The molecular formula is C13H12N2O6S. The maximum Gasteiger partial charge on any atom is 0.433 e. The molecule has 0 aliphatic heterocycles. The number of furan rings is 1. The highest BCUT2D eigenvalue weighted by molar-refractivity contribution is 7.14. The zero-order valence-electron chi connectivity index (χ0n) is 11.8. The van der Waals surface area contributed by atoms with Gasteiger partial charge in [-0.2, -0.15) is 4.73 Å². The van der Waals surface area contributed by atoms with Crippen molar-refractivity contribution >= 4 is 35.3 Å². The highest BCUT2D eigenvalue weighted by Crippen LogP contribution is 2.21. The Labute approximate surface area is 129 Å². The van der Waals surface area contributed by atoms with Crippen molar-refractivity contribution in [3.05, 3.63) is 48.8 Å². The predicted octanol–water partition coefficient (Wildman–Crippen LogP) is 2.54. The normalized spacial score (nSPS) is 11.0. The number of hydrogen-bond acceptors (Lipinski definition) is 7. The number of thiazole rings is 1. The van der Waals surface area contributed by atoms with E-state index in [1.165, 1.54) is 31.2 Å². The van der Waals surface area contributed by atoms with Crippen LogP contribution in [-0.4, -0.2) is 17.5 Å². The summed E-state index contributed by atoms with van der Waals surface area (Å²) in [6, 6.07) is 2.63. The van der Waals surface area contributed by atoms with Crippen LogP contribution in [-0.2, 0) is 4.74 Å². The lowest BCUT2D eigenvalue weighted by Gasteiger charge is -1.97. The van der Waals surface area contributed by atoms with Gasteiger partial charge in [0, 0.05) is 13.0 Å².